The highest BCUT2D eigenvalue weighted by Crippen LogP contribution is 2.13. The van der Waals surface area contributed by atoms with E-state index in [0.29, 0.717) is 6.04 Å². The van der Waals surface area contributed by atoms with Gasteiger partial charge in [0.05, 0.1) is 0 Å². The minimum absolute atomic E-state index is 0.428. The molecule has 2 rings (SSSR count). The molecule has 0 saturated heterocycles. The van der Waals surface area contributed by atoms with Gasteiger partial charge in [-0.1, -0.05) is 6.92 Å². The summed E-state index contributed by atoms with van der Waals surface area (Å²) in [5.41, 5.74) is 2.69. The van der Waals surface area contributed by atoms with E-state index in [1.165, 1.54) is 11.1 Å². The zero-order chi connectivity index (χ0) is 12.8. The second-order valence-corrected chi connectivity index (χ2v) is 4.57. The molecule has 0 aliphatic carbocycles. The third kappa shape index (κ3) is 3.44. The largest absolute Gasteiger partial charge is 0.354 e. The predicted molar refractivity (Wildman–Crippen MR) is 74.5 cm³/mol. The molecule has 3 heteroatoms. The number of nitrogens with zero attached hydrogens (tertiary/aromatic N) is 2. The Kier molecular flexibility index (Phi) is 4.53. The third-order valence-electron chi connectivity index (χ3n) is 3.19. The molecule has 0 aromatic carbocycles. The fourth-order valence-corrected chi connectivity index (χ4v) is 2.09. The van der Waals surface area contributed by atoms with Crippen LogP contribution in [-0.4, -0.2) is 16.1 Å². The van der Waals surface area contributed by atoms with Gasteiger partial charge in [0.2, 0.25) is 0 Å². The molecular weight excluding hydrogens is 222 g/mol. The van der Waals surface area contributed by atoms with Crippen molar-refractivity contribution in [1.82, 2.24) is 14.9 Å². The second-order valence-electron chi connectivity index (χ2n) is 4.57. The van der Waals surface area contributed by atoms with Crippen LogP contribution in [0.5, 0.6) is 0 Å². The molecule has 0 spiro atoms. The summed E-state index contributed by atoms with van der Waals surface area (Å²) in [4.78, 5) is 4.03. The van der Waals surface area contributed by atoms with E-state index in [0.717, 1.165) is 19.5 Å². The van der Waals surface area contributed by atoms with Crippen molar-refractivity contribution in [1.29, 1.82) is 0 Å². The zero-order valence-corrected chi connectivity index (χ0v) is 11.1. The number of pyridine rings is 1. The highest BCUT2D eigenvalue weighted by atomic mass is 15.0. The Labute approximate surface area is 109 Å². The van der Waals surface area contributed by atoms with Gasteiger partial charge in [0.25, 0.3) is 0 Å². The monoisotopic (exact) mass is 243 g/mol. The minimum atomic E-state index is 0.428. The third-order valence-corrected chi connectivity index (χ3v) is 3.19. The summed E-state index contributed by atoms with van der Waals surface area (Å²) in [6.45, 7) is 6.36. The molecule has 0 radical (unpaired) electrons. The van der Waals surface area contributed by atoms with E-state index in [2.05, 4.69) is 59.3 Å². The Balaban J connectivity index is 1.91. The van der Waals surface area contributed by atoms with Crippen molar-refractivity contribution < 1.29 is 0 Å². The molecule has 2 aromatic heterocycles. The molecule has 96 valence electrons. The molecule has 2 aromatic rings. The van der Waals surface area contributed by atoms with Crippen LogP contribution in [0.2, 0.25) is 0 Å². The van der Waals surface area contributed by atoms with E-state index < -0.39 is 0 Å². The van der Waals surface area contributed by atoms with Crippen LogP contribution in [0.25, 0.3) is 0 Å². The highest BCUT2D eigenvalue weighted by molar-refractivity contribution is 5.15. The Morgan fingerprint density at radius 2 is 2.06 bits per heavy atom. The fourth-order valence-electron chi connectivity index (χ4n) is 2.09. The summed E-state index contributed by atoms with van der Waals surface area (Å²) in [7, 11) is 0. The van der Waals surface area contributed by atoms with Crippen LogP contribution >= 0.6 is 0 Å². The van der Waals surface area contributed by atoms with E-state index in [4.69, 9.17) is 0 Å². The van der Waals surface area contributed by atoms with Crippen molar-refractivity contribution in [2.24, 2.45) is 0 Å². The summed E-state index contributed by atoms with van der Waals surface area (Å²) in [6.07, 6.45) is 9.14. The lowest BCUT2D eigenvalue weighted by molar-refractivity contribution is 0.594. The quantitative estimate of drug-likeness (QED) is 0.845. The normalized spacial score (nSPS) is 12.6. The molecule has 1 unspecified atom stereocenters. The first kappa shape index (κ1) is 12.8. The molecule has 1 N–H and O–H groups in total. The molecule has 3 nitrogen and oxygen atoms in total. The lowest BCUT2D eigenvalue weighted by Crippen LogP contribution is -2.17. The number of aryl methyl sites for hydroxylation is 2. The first-order valence-corrected chi connectivity index (χ1v) is 6.57. The van der Waals surface area contributed by atoms with Crippen LogP contribution in [0.3, 0.4) is 0 Å². The van der Waals surface area contributed by atoms with Gasteiger partial charge in [-0.15, -0.1) is 0 Å². The van der Waals surface area contributed by atoms with Crippen molar-refractivity contribution in [3.8, 4) is 0 Å². The Morgan fingerprint density at radius 3 is 2.78 bits per heavy atom. The van der Waals surface area contributed by atoms with Gasteiger partial charge < -0.3 is 9.88 Å². The highest BCUT2D eigenvalue weighted by Gasteiger charge is 2.05. The van der Waals surface area contributed by atoms with Crippen LogP contribution in [-0.2, 0) is 13.0 Å². The van der Waals surface area contributed by atoms with E-state index in [-0.39, 0.29) is 0 Å². The van der Waals surface area contributed by atoms with Crippen LogP contribution in [0, 0.1) is 0 Å². The molecule has 18 heavy (non-hydrogen) atoms. The van der Waals surface area contributed by atoms with Crippen LogP contribution in [0.15, 0.2) is 43.0 Å². The van der Waals surface area contributed by atoms with E-state index >= 15 is 0 Å². The van der Waals surface area contributed by atoms with Gasteiger partial charge >= 0.3 is 0 Å². The van der Waals surface area contributed by atoms with E-state index in [1.54, 1.807) is 0 Å². The van der Waals surface area contributed by atoms with Gasteiger partial charge in [-0.25, -0.2) is 0 Å². The Hall–Kier alpha value is -1.61. The SMILES string of the molecule is CCNC(C)c1ccn(CCc2ccncc2)c1. The van der Waals surface area contributed by atoms with E-state index in [9.17, 15) is 0 Å². The molecule has 0 amide bonds. The van der Waals surface area contributed by atoms with Gasteiger partial charge in [-0.3, -0.25) is 4.98 Å². The molecule has 1 atom stereocenters. The lowest BCUT2D eigenvalue weighted by atomic mass is 10.2. The van der Waals surface area contributed by atoms with Crippen LogP contribution < -0.4 is 5.32 Å². The van der Waals surface area contributed by atoms with Gasteiger partial charge in [0, 0.05) is 37.4 Å². The van der Waals surface area contributed by atoms with Gasteiger partial charge in [-0.2, -0.15) is 0 Å². The lowest BCUT2D eigenvalue weighted by Gasteiger charge is -2.09. The first-order valence-electron chi connectivity index (χ1n) is 6.57. The van der Waals surface area contributed by atoms with E-state index in [1.807, 2.05) is 12.4 Å². The number of nitrogens with one attached hydrogen (secondary N) is 1. The van der Waals surface area contributed by atoms with Crippen LogP contribution in [0.4, 0.5) is 0 Å². The summed E-state index contributed by atoms with van der Waals surface area (Å²) in [6, 6.07) is 6.77. The number of rotatable bonds is 6. The average molecular weight is 243 g/mol. The minimum Gasteiger partial charge on any atom is -0.354 e. The van der Waals surface area contributed by atoms with Crippen molar-refractivity contribution >= 4 is 0 Å². The summed E-state index contributed by atoms with van der Waals surface area (Å²) in [5, 5.41) is 3.43. The molecule has 0 bridgehead atoms. The summed E-state index contributed by atoms with van der Waals surface area (Å²) >= 11 is 0. The molecule has 0 aliphatic heterocycles. The Morgan fingerprint density at radius 1 is 1.28 bits per heavy atom. The van der Waals surface area contributed by atoms with Crippen molar-refractivity contribution in [2.75, 3.05) is 6.54 Å². The number of hydrogen-bond donors (Lipinski definition) is 1. The Bertz CT molecular complexity index is 462. The van der Waals surface area contributed by atoms with Gasteiger partial charge in [0.15, 0.2) is 0 Å². The molecule has 0 fully saturated rings. The van der Waals surface area contributed by atoms with Gasteiger partial charge in [-0.05, 0) is 49.2 Å². The molecular formula is C15H21N3. The predicted octanol–water partition coefficient (Wildman–Crippen LogP) is 2.80. The summed E-state index contributed by atoms with van der Waals surface area (Å²) < 4.78 is 2.25. The topological polar surface area (TPSA) is 29.9 Å². The standard InChI is InChI=1S/C15H21N3/c1-3-17-13(2)15-7-11-18(12-15)10-6-14-4-8-16-9-5-14/h4-5,7-9,11-13,17H,3,6,10H2,1-2H3. The fraction of sp³-hybridized carbons (Fsp3) is 0.400. The summed E-state index contributed by atoms with van der Waals surface area (Å²) in [5.74, 6) is 0. The zero-order valence-electron chi connectivity index (χ0n) is 11.1. The van der Waals surface area contributed by atoms with Crippen molar-refractivity contribution in [2.45, 2.75) is 32.9 Å². The van der Waals surface area contributed by atoms with Gasteiger partial charge in [0.1, 0.15) is 0 Å². The van der Waals surface area contributed by atoms with Crippen LogP contribution in [0.1, 0.15) is 31.0 Å². The smallest absolute Gasteiger partial charge is 0.0306 e. The number of aromatic nitrogens is 2. The molecule has 0 saturated carbocycles. The maximum absolute atomic E-state index is 4.03. The number of hydrogen-bond acceptors (Lipinski definition) is 2. The van der Waals surface area contributed by atoms with Crippen molar-refractivity contribution in [3.63, 3.8) is 0 Å². The molecule has 2 heterocycles. The maximum atomic E-state index is 4.03. The maximum Gasteiger partial charge on any atom is 0.0306 e. The van der Waals surface area contributed by atoms with Crippen molar-refractivity contribution in [3.05, 3.63) is 54.1 Å². The molecule has 0 aliphatic rings. The first-order chi connectivity index (χ1) is 8.79. The average Bonchev–Trinajstić information content (AvgIpc) is 2.87. The second kappa shape index (κ2) is 6.36.